The number of hydrogen-bond donors (Lipinski definition) is 0. The molecule has 1 unspecified atom stereocenters. The Bertz CT molecular complexity index is 517. The maximum Gasteiger partial charge on any atom is 0.104 e. The molecule has 18 heavy (non-hydrogen) atoms. The van der Waals surface area contributed by atoms with Crippen molar-refractivity contribution in [2.24, 2.45) is 0 Å². The number of aryl methyl sites for hydroxylation is 1. The van der Waals surface area contributed by atoms with Crippen molar-refractivity contribution in [2.75, 3.05) is 0 Å². The summed E-state index contributed by atoms with van der Waals surface area (Å²) in [5.41, 5.74) is 3.57. The summed E-state index contributed by atoms with van der Waals surface area (Å²) >= 11 is 0. The zero-order valence-corrected chi connectivity index (χ0v) is 11.5. The van der Waals surface area contributed by atoms with E-state index in [4.69, 9.17) is 4.42 Å². The minimum absolute atomic E-state index is 0.420. The molecule has 3 nitrogen and oxygen atoms in total. The molecule has 0 fully saturated rings. The van der Waals surface area contributed by atoms with Crippen molar-refractivity contribution in [1.82, 2.24) is 10.2 Å². The summed E-state index contributed by atoms with van der Waals surface area (Å²) in [6.45, 7) is 8.50. The van der Waals surface area contributed by atoms with Gasteiger partial charge in [0.2, 0.25) is 0 Å². The van der Waals surface area contributed by atoms with Crippen molar-refractivity contribution in [2.45, 2.75) is 46.0 Å². The monoisotopic (exact) mass is 244 g/mol. The topological polar surface area (TPSA) is 38.9 Å². The highest BCUT2D eigenvalue weighted by atomic mass is 16.3. The van der Waals surface area contributed by atoms with Crippen LogP contribution in [0.1, 0.15) is 55.2 Å². The quantitative estimate of drug-likeness (QED) is 0.820. The lowest BCUT2D eigenvalue weighted by atomic mass is 9.94. The van der Waals surface area contributed by atoms with E-state index < -0.39 is 0 Å². The van der Waals surface area contributed by atoms with Crippen molar-refractivity contribution in [3.05, 3.63) is 47.2 Å². The molecule has 0 N–H and O–H groups in total. The highest BCUT2D eigenvalue weighted by molar-refractivity contribution is 5.24. The third-order valence-electron chi connectivity index (χ3n) is 3.29. The van der Waals surface area contributed by atoms with Crippen LogP contribution in [-0.2, 0) is 6.42 Å². The van der Waals surface area contributed by atoms with E-state index in [1.807, 2.05) is 13.1 Å². The summed E-state index contributed by atoms with van der Waals surface area (Å²) in [5.74, 6) is 1.87. The molecular weight excluding hydrogens is 224 g/mol. The Labute approximate surface area is 108 Å². The largest absolute Gasteiger partial charge is 0.469 e. The van der Waals surface area contributed by atoms with E-state index >= 15 is 0 Å². The van der Waals surface area contributed by atoms with Crippen LogP contribution in [0.15, 0.2) is 29.0 Å². The third-order valence-corrected chi connectivity index (χ3v) is 3.29. The third kappa shape index (κ3) is 2.78. The Kier molecular flexibility index (Phi) is 3.80. The molecule has 2 aromatic heterocycles. The molecule has 0 aliphatic carbocycles. The second-order valence-electron chi connectivity index (χ2n) is 5.18. The standard InChI is InChI=1S/C15H20N2O/c1-10(2)15-8-13(9-16-17-15)7-11(3)14-5-6-18-12(14)4/h5-6,8-11H,7H2,1-4H3. The van der Waals surface area contributed by atoms with Gasteiger partial charge in [0.05, 0.1) is 18.2 Å². The Hall–Kier alpha value is -1.64. The molecular formula is C15H20N2O. The summed E-state index contributed by atoms with van der Waals surface area (Å²) in [4.78, 5) is 0. The molecule has 0 aromatic carbocycles. The lowest BCUT2D eigenvalue weighted by Gasteiger charge is -2.11. The first-order chi connectivity index (χ1) is 8.58. The van der Waals surface area contributed by atoms with Crippen molar-refractivity contribution in [1.29, 1.82) is 0 Å². The number of hydrogen-bond acceptors (Lipinski definition) is 3. The van der Waals surface area contributed by atoms with Crippen LogP contribution in [0, 0.1) is 6.92 Å². The average Bonchev–Trinajstić information content (AvgIpc) is 2.76. The van der Waals surface area contributed by atoms with Gasteiger partial charge in [0.25, 0.3) is 0 Å². The molecule has 2 heterocycles. The maximum absolute atomic E-state index is 5.36. The van der Waals surface area contributed by atoms with Crippen LogP contribution < -0.4 is 0 Å². The van der Waals surface area contributed by atoms with Crippen LogP contribution in [-0.4, -0.2) is 10.2 Å². The normalized spacial score (nSPS) is 12.9. The minimum atomic E-state index is 0.420. The van der Waals surface area contributed by atoms with E-state index in [-0.39, 0.29) is 0 Å². The van der Waals surface area contributed by atoms with Crippen molar-refractivity contribution in [3.63, 3.8) is 0 Å². The van der Waals surface area contributed by atoms with Crippen LogP contribution in [0.3, 0.4) is 0 Å². The molecule has 1 atom stereocenters. The van der Waals surface area contributed by atoms with Gasteiger partial charge in [0.1, 0.15) is 5.76 Å². The van der Waals surface area contributed by atoms with Gasteiger partial charge in [-0.2, -0.15) is 10.2 Å². The number of aromatic nitrogens is 2. The maximum atomic E-state index is 5.36. The van der Waals surface area contributed by atoms with Gasteiger partial charge in [0.15, 0.2) is 0 Å². The molecule has 0 radical (unpaired) electrons. The lowest BCUT2D eigenvalue weighted by Crippen LogP contribution is -2.02. The van der Waals surface area contributed by atoms with Crippen LogP contribution >= 0.6 is 0 Å². The highest BCUT2D eigenvalue weighted by Crippen LogP contribution is 2.24. The van der Waals surface area contributed by atoms with E-state index in [2.05, 4.69) is 43.1 Å². The van der Waals surface area contributed by atoms with Gasteiger partial charge in [-0.05, 0) is 48.4 Å². The molecule has 0 spiro atoms. The molecule has 2 aromatic rings. The zero-order valence-electron chi connectivity index (χ0n) is 11.5. The summed E-state index contributed by atoms with van der Waals surface area (Å²) in [5, 5.41) is 8.25. The minimum Gasteiger partial charge on any atom is -0.469 e. The number of nitrogens with zero attached hydrogens (tertiary/aromatic N) is 2. The Morgan fingerprint density at radius 3 is 2.67 bits per heavy atom. The highest BCUT2D eigenvalue weighted by Gasteiger charge is 2.12. The molecule has 0 amide bonds. The van der Waals surface area contributed by atoms with Gasteiger partial charge in [-0.15, -0.1) is 0 Å². The summed E-state index contributed by atoms with van der Waals surface area (Å²) in [7, 11) is 0. The van der Waals surface area contributed by atoms with Crippen molar-refractivity contribution < 1.29 is 4.42 Å². The SMILES string of the molecule is Cc1occc1C(C)Cc1cnnc(C(C)C)c1. The van der Waals surface area contributed by atoms with E-state index in [1.54, 1.807) is 6.26 Å². The second-order valence-corrected chi connectivity index (χ2v) is 5.18. The molecule has 0 bridgehead atoms. The number of rotatable bonds is 4. The fourth-order valence-electron chi connectivity index (χ4n) is 2.19. The van der Waals surface area contributed by atoms with Gasteiger partial charge in [-0.3, -0.25) is 0 Å². The van der Waals surface area contributed by atoms with E-state index in [9.17, 15) is 0 Å². The average molecular weight is 244 g/mol. The molecule has 96 valence electrons. The van der Waals surface area contributed by atoms with Crippen molar-refractivity contribution >= 4 is 0 Å². The first-order valence-electron chi connectivity index (χ1n) is 6.43. The zero-order chi connectivity index (χ0) is 13.1. The predicted octanol–water partition coefficient (Wildman–Crippen LogP) is 3.85. The number of furan rings is 1. The molecule has 0 aliphatic heterocycles. The Balaban J connectivity index is 2.14. The van der Waals surface area contributed by atoms with E-state index in [1.165, 1.54) is 11.1 Å². The van der Waals surface area contributed by atoms with Gasteiger partial charge >= 0.3 is 0 Å². The molecule has 3 heteroatoms. The fourth-order valence-corrected chi connectivity index (χ4v) is 2.19. The second kappa shape index (κ2) is 5.34. The van der Waals surface area contributed by atoms with Gasteiger partial charge in [-0.1, -0.05) is 20.8 Å². The molecule has 2 rings (SSSR count). The summed E-state index contributed by atoms with van der Waals surface area (Å²) in [6.07, 6.45) is 4.58. The first kappa shape index (κ1) is 12.8. The van der Waals surface area contributed by atoms with Crippen molar-refractivity contribution in [3.8, 4) is 0 Å². The predicted molar refractivity (Wildman–Crippen MR) is 71.7 cm³/mol. The fraction of sp³-hybridized carbons (Fsp3) is 0.467. The van der Waals surface area contributed by atoms with Gasteiger partial charge < -0.3 is 4.42 Å². The van der Waals surface area contributed by atoms with Gasteiger partial charge in [-0.25, -0.2) is 0 Å². The van der Waals surface area contributed by atoms with Crippen LogP contribution in [0.25, 0.3) is 0 Å². The smallest absolute Gasteiger partial charge is 0.104 e. The van der Waals surface area contributed by atoms with Gasteiger partial charge in [0, 0.05) is 0 Å². The Morgan fingerprint density at radius 1 is 1.28 bits per heavy atom. The molecule has 0 aliphatic rings. The molecule has 0 saturated carbocycles. The summed E-state index contributed by atoms with van der Waals surface area (Å²) in [6, 6.07) is 4.21. The van der Waals surface area contributed by atoms with E-state index in [0.29, 0.717) is 11.8 Å². The van der Waals surface area contributed by atoms with Crippen LogP contribution in [0.5, 0.6) is 0 Å². The van der Waals surface area contributed by atoms with Crippen LogP contribution in [0.2, 0.25) is 0 Å². The van der Waals surface area contributed by atoms with Crippen LogP contribution in [0.4, 0.5) is 0 Å². The summed E-state index contributed by atoms with van der Waals surface area (Å²) < 4.78 is 5.36. The first-order valence-corrected chi connectivity index (χ1v) is 6.43. The lowest BCUT2D eigenvalue weighted by molar-refractivity contribution is 0.525. The molecule has 0 saturated heterocycles. The van der Waals surface area contributed by atoms with E-state index in [0.717, 1.165) is 17.9 Å². The Morgan fingerprint density at radius 2 is 2.06 bits per heavy atom.